The lowest BCUT2D eigenvalue weighted by Gasteiger charge is -2.43. The van der Waals surface area contributed by atoms with Gasteiger partial charge in [-0.25, -0.2) is 0 Å². The van der Waals surface area contributed by atoms with Crippen LogP contribution in [0.25, 0.3) is 11.1 Å². The number of methoxy groups -OCH3 is 1. The first-order valence-corrected chi connectivity index (χ1v) is 16.3. The Labute approximate surface area is 272 Å². The number of likely N-dealkylation sites (tertiary alicyclic amines) is 1. The van der Waals surface area contributed by atoms with Crippen molar-refractivity contribution in [3.63, 3.8) is 0 Å². The van der Waals surface area contributed by atoms with Gasteiger partial charge in [0.2, 0.25) is 0 Å². The monoisotopic (exact) mass is 620 g/mol. The van der Waals surface area contributed by atoms with Crippen LogP contribution in [0.3, 0.4) is 0 Å². The molecule has 2 heterocycles. The minimum Gasteiger partial charge on any atom is -0.392 e. The topological polar surface area (TPSA) is 80.3 Å². The molecule has 4 aromatic rings. The molecule has 7 nitrogen and oxygen atoms in total. The number of nitrogens with one attached hydrogen (secondary N) is 1. The maximum absolute atomic E-state index is 12.7. The molecule has 0 aliphatic carbocycles. The van der Waals surface area contributed by atoms with Crippen LogP contribution in [0.1, 0.15) is 64.8 Å². The van der Waals surface area contributed by atoms with Gasteiger partial charge >= 0.3 is 0 Å². The standard InChI is InChI=1S/C39H44N2O5/c1-27-36(24-41-22-8-12-34(41)26-44-2)45-39(46-37(27)30-16-14-28(25-42)15-17-30)32-20-18-29(19-21-32)35-13-7-6-11-33(35)23-40-38(43)31-9-4-3-5-10-31/h3-7,9-11,13-21,27,34,36-37,39,42H,8,12,22-26H2,1-2H3,(H,40,43)/t27-,34-,36+,37+,39+/m0/s1. The molecule has 0 saturated carbocycles. The molecule has 0 aromatic heterocycles. The number of carbonyl (C=O) groups excluding carboxylic acids is 1. The number of ether oxygens (including phenoxy) is 3. The van der Waals surface area contributed by atoms with Gasteiger partial charge in [-0.1, -0.05) is 97.9 Å². The molecule has 4 aromatic carbocycles. The van der Waals surface area contributed by atoms with Crippen molar-refractivity contribution in [1.82, 2.24) is 10.2 Å². The van der Waals surface area contributed by atoms with E-state index >= 15 is 0 Å². The number of hydrogen-bond donors (Lipinski definition) is 2. The summed E-state index contributed by atoms with van der Waals surface area (Å²) in [5.74, 6) is 0.0291. The zero-order chi connectivity index (χ0) is 31.9. The highest BCUT2D eigenvalue weighted by molar-refractivity contribution is 5.94. The number of hydrogen-bond acceptors (Lipinski definition) is 6. The van der Waals surface area contributed by atoms with E-state index in [1.54, 1.807) is 7.11 Å². The van der Waals surface area contributed by atoms with Crippen LogP contribution in [-0.2, 0) is 27.4 Å². The van der Waals surface area contributed by atoms with E-state index in [0.29, 0.717) is 18.2 Å². The van der Waals surface area contributed by atoms with Crippen molar-refractivity contribution in [2.75, 3.05) is 26.8 Å². The Balaban J connectivity index is 1.21. The van der Waals surface area contributed by atoms with Gasteiger partial charge in [0.15, 0.2) is 6.29 Å². The van der Waals surface area contributed by atoms with Crippen LogP contribution in [0, 0.1) is 5.92 Å². The van der Waals surface area contributed by atoms with Gasteiger partial charge in [-0.3, -0.25) is 9.69 Å². The Morgan fingerprint density at radius 1 is 0.913 bits per heavy atom. The highest BCUT2D eigenvalue weighted by atomic mass is 16.7. The van der Waals surface area contributed by atoms with Crippen LogP contribution in [-0.4, -0.2) is 54.9 Å². The number of nitrogens with zero attached hydrogens (tertiary/aromatic N) is 1. The first kappa shape index (κ1) is 32.1. The van der Waals surface area contributed by atoms with Gasteiger partial charge in [0, 0.05) is 43.3 Å². The summed E-state index contributed by atoms with van der Waals surface area (Å²) in [6.07, 6.45) is 1.59. The molecule has 7 heteroatoms. The molecule has 2 N–H and O–H groups in total. The zero-order valence-electron chi connectivity index (χ0n) is 26.7. The number of aliphatic hydroxyl groups excluding tert-OH is 1. The van der Waals surface area contributed by atoms with Crippen molar-refractivity contribution in [2.24, 2.45) is 5.92 Å². The van der Waals surface area contributed by atoms with Gasteiger partial charge in [0.05, 0.1) is 25.4 Å². The van der Waals surface area contributed by atoms with E-state index in [1.165, 1.54) is 6.42 Å². The molecular formula is C39H44N2O5. The van der Waals surface area contributed by atoms with Crippen molar-refractivity contribution < 1.29 is 24.1 Å². The van der Waals surface area contributed by atoms with Crippen LogP contribution in [0.4, 0.5) is 0 Å². The predicted molar refractivity (Wildman–Crippen MR) is 179 cm³/mol. The molecule has 5 atom stereocenters. The summed E-state index contributed by atoms with van der Waals surface area (Å²) in [4.78, 5) is 15.2. The molecule has 2 fully saturated rings. The van der Waals surface area contributed by atoms with E-state index in [0.717, 1.165) is 59.5 Å². The molecule has 2 aliphatic rings. The summed E-state index contributed by atoms with van der Waals surface area (Å²) >= 11 is 0. The molecule has 46 heavy (non-hydrogen) atoms. The number of benzene rings is 4. The first-order valence-electron chi connectivity index (χ1n) is 16.3. The van der Waals surface area contributed by atoms with Crippen LogP contribution >= 0.6 is 0 Å². The smallest absolute Gasteiger partial charge is 0.251 e. The Kier molecular flexibility index (Phi) is 10.6. The van der Waals surface area contributed by atoms with Crippen LogP contribution in [0.2, 0.25) is 0 Å². The second-order valence-corrected chi connectivity index (χ2v) is 12.4. The predicted octanol–water partition coefficient (Wildman–Crippen LogP) is 6.68. The molecule has 0 spiro atoms. The van der Waals surface area contributed by atoms with E-state index in [4.69, 9.17) is 14.2 Å². The summed E-state index contributed by atoms with van der Waals surface area (Å²) in [6.45, 7) is 5.25. The Bertz CT molecular complexity index is 1560. The van der Waals surface area contributed by atoms with Gasteiger partial charge in [-0.2, -0.15) is 0 Å². The molecule has 6 rings (SSSR count). The van der Waals surface area contributed by atoms with Crippen LogP contribution in [0.15, 0.2) is 103 Å². The maximum atomic E-state index is 12.7. The highest BCUT2D eigenvalue weighted by Gasteiger charge is 2.40. The van der Waals surface area contributed by atoms with Gasteiger partial charge in [-0.05, 0) is 59.3 Å². The average molecular weight is 621 g/mol. The minimum atomic E-state index is -0.526. The summed E-state index contributed by atoms with van der Waals surface area (Å²) < 4.78 is 19.0. The van der Waals surface area contributed by atoms with Crippen LogP contribution < -0.4 is 5.32 Å². The third-order valence-electron chi connectivity index (χ3n) is 9.38. The Morgan fingerprint density at radius 2 is 1.63 bits per heavy atom. The molecule has 240 valence electrons. The fraction of sp³-hybridized carbons (Fsp3) is 0.359. The fourth-order valence-corrected chi connectivity index (χ4v) is 6.72. The van der Waals surface area contributed by atoms with E-state index in [1.807, 2.05) is 54.6 Å². The van der Waals surface area contributed by atoms with Gasteiger partial charge in [-0.15, -0.1) is 0 Å². The lowest BCUT2D eigenvalue weighted by Crippen LogP contribution is -2.46. The normalized spacial score (nSPS) is 23.3. The fourth-order valence-electron chi connectivity index (χ4n) is 6.72. The summed E-state index contributed by atoms with van der Waals surface area (Å²) in [5, 5.41) is 12.7. The zero-order valence-corrected chi connectivity index (χ0v) is 26.7. The molecule has 0 unspecified atom stereocenters. The molecule has 2 aliphatic heterocycles. The molecule has 0 radical (unpaired) electrons. The average Bonchev–Trinajstić information content (AvgIpc) is 3.55. The second kappa shape index (κ2) is 15.2. The first-order chi connectivity index (χ1) is 22.5. The molecular weight excluding hydrogens is 576 g/mol. The highest BCUT2D eigenvalue weighted by Crippen LogP contribution is 2.42. The lowest BCUT2D eigenvalue weighted by molar-refractivity contribution is -0.276. The Morgan fingerprint density at radius 3 is 2.37 bits per heavy atom. The molecule has 2 saturated heterocycles. The van der Waals surface area contributed by atoms with Crippen molar-refractivity contribution in [3.8, 4) is 11.1 Å². The third-order valence-corrected chi connectivity index (χ3v) is 9.38. The Hall–Kier alpha value is -3.85. The summed E-state index contributed by atoms with van der Waals surface area (Å²) in [6, 6.07) is 34.3. The van der Waals surface area contributed by atoms with Crippen molar-refractivity contribution >= 4 is 5.91 Å². The van der Waals surface area contributed by atoms with E-state index < -0.39 is 6.29 Å². The number of amides is 1. The molecule has 1 amide bonds. The maximum Gasteiger partial charge on any atom is 0.251 e. The molecule has 0 bridgehead atoms. The van der Waals surface area contributed by atoms with Gasteiger partial charge in [0.25, 0.3) is 5.91 Å². The van der Waals surface area contributed by atoms with Crippen molar-refractivity contribution in [2.45, 2.75) is 57.5 Å². The SMILES string of the molecule is COC[C@@H]1CCCN1C[C@H]1O[C@@H](c2ccc(-c3ccccc3CNC(=O)c3ccccc3)cc2)O[C@@H](c2ccc(CO)cc2)[C@H]1C. The summed E-state index contributed by atoms with van der Waals surface area (Å²) in [7, 11) is 1.77. The largest absolute Gasteiger partial charge is 0.392 e. The number of carbonyl (C=O) groups is 1. The second-order valence-electron chi connectivity index (χ2n) is 12.4. The van der Waals surface area contributed by atoms with E-state index in [2.05, 4.69) is 65.7 Å². The number of rotatable bonds is 11. The minimum absolute atomic E-state index is 0.0143. The van der Waals surface area contributed by atoms with Crippen molar-refractivity contribution in [1.29, 1.82) is 0 Å². The number of aliphatic hydroxyl groups is 1. The van der Waals surface area contributed by atoms with Crippen LogP contribution in [0.5, 0.6) is 0 Å². The van der Waals surface area contributed by atoms with E-state index in [9.17, 15) is 9.90 Å². The van der Waals surface area contributed by atoms with Crippen molar-refractivity contribution in [3.05, 3.63) is 131 Å². The lowest BCUT2D eigenvalue weighted by atomic mass is 9.89. The third kappa shape index (κ3) is 7.41. The quantitative estimate of drug-likeness (QED) is 0.195. The van der Waals surface area contributed by atoms with Gasteiger partial charge in [0.1, 0.15) is 0 Å². The van der Waals surface area contributed by atoms with E-state index in [-0.39, 0.29) is 30.6 Å². The van der Waals surface area contributed by atoms with Gasteiger partial charge < -0.3 is 24.6 Å². The summed E-state index contributed by atoms with van der Waals surface area (Å²) in [5.41, 5.74) is 6.74.